The highest BCUT2D eigenvalue weighted by Gasteiger charge is 2.14. The Morgan fingerprint density at radius 3 is 2.40 bits per heavy atom. The first kappa shape index (κ1) is 11.6. The Labute approximate surface area is 88.4 Å². The smallest absolute Gasteiger partial charge is 0.245 e. The Bertz CT molecular complexity index is 458. The fraction of sp³-hybridized carbons (Fsp3) is 0.250. The maximum absolute atomic E-state index is 11.2. The largest absolute Gasteiger partial charge is 0.497 e. The average molecular weight is 231 g/mol. The molecule has 0 atom stereocenters. The van der Waals surface area contributed by atoms with E-state index in [1.807, 2.05) is 0 Å². The summed E-state index contributed by atoms with van der Waals surface area (Å²) in [5.74, 6) is 5.85. The van der Waals surface area contributed by atoms with Crippen LogP contribution >= 0.6 is 0 Å². The highest BCUT2D eigenvalue weighted by Crippen LogP contribution is 2.24. The lowest BCUT2D eigenvalue weighted by atomic mass is 10.2. The lowest BCUT2D eigenvalue weighted by Gasteiger charge is -2.17. The van der Waals surface area contributed by atoms with Crippen LogP contribution in [-0.2, 0) is 10.0 Å². The number of anilines is 2. The van der Waals surface area contributed by atoms with Gasteiger partial charge in [0.15, 0.2) is 0 Å². The molecule has 0 fully saturated rings. The average Bonchev–Trinajstić information content (AvgIpc) is 2.14. The zero-order valence-electron chi connectivity index (χ0n) is 8.47. The Morgan fingerprint density at radius 2 is 1.93 bits per heavy atom. The summed E-state index contributed by atoms with van der Waals surface area (Å²) in [5, 5.41) is 0. The van der Waals surface area contributed by atoms with Gasteiger partial charge in [-0.15, -0.1) is 0 Å². The van der Waals surface area contributed by atoms with Gasteiger partial charge in [0, 0.05) is 17.8 Å². The molecule has 0 aliphatic carbocycles. The number of nitrogens with two attached hydrogens (primary N) is 2. The summed E-state index contributed by atoms with van der Waals surface area (Å²) in [5.41, 5.74) is 6.20. The van der Waals surface area contributed by atoms with Crippen molar-refractivity contribution < 1.29 is 13.2 Å². The third-order valence-corrected chi connectivity index (χ3v) is 2.69. The van der Waals surface area contributed by atoms with Crippen molar-refractivity contribution in [3.05, 3.63) is 18.2 Å². The number of nitrogen functional groups attached to an aromatic ring is 1. The number of rotatable bonds is 3. The predicted molar refractivity (Wildman–Crippen MR) is 58.9 cm³/mol. The molecule has 7 heteroatoms. The molecule has 0 heterocycles. The summed E-state index contributed by atoms with van der Waals surface area (Å²) >= 11 is 0. The van der Waals surface area contributed by atoms with Crippen LogP contribution in [0.1, 0.15) is 0 Å². The van der Waals surface area contributed by atoms with Gasteiger partial charge in [-0.05, 0) is 6.07 Å². The first-order valence-corrected chi connectivity index (χ1v) is 5.89. The first-order valence-electron chi connectivity index (χ1n) is 4.04. The second-order valence-corrected chi connectivity index (χ2v) is 4.88. The molecule has 0 saturated carbocycles. The Morgan fingerprint density at radius 1 is 1.33 bits per heavy atom. The summed E-state index contributed by atoms with van der Waals surface area (Å²) in [4.78, 5) is 0. The molecule has 4 N–H and O–H groups in total. The van der Waals surface area contributed by atoms with E-state index in [1.165, 1.54) is 19.2 Å². The van der Waals surface area contributed by atoms with Crippen LogP contribution in [-0.4, -0.2) is 21.8 Å². The van der Waals surface area contributed by atoms with Crippen molar-refractivity contribution in [1.82, 2.24) is 0 Å². The van der Waals surface area contributed by atoms with Crippen molar-refractivity contribution in [3.8, 4) is 5.75 Å². The molecular weight excluding hydrogens is 218 g/mol. The summed E-state index contributed by atoms with van der Waals surface area (Å²) in [6.07, 6.45) is 1.00. The van der Waals surface area contributed by atoms with Crippen LogP contribution in [0.15, 0.2) is 18.2 Å². The molecule has 0 unspecified atom stereocenters. The number of hydrogen-bond donors (Lipinski definition) is 2. The third kappa shape index (κ3) is 2.74. The van der Waals surface area contributed by atoms with Crippen LogP contribution in [0.3, 0.4) is 0 Å². The number of sulfonamides is 1. The number of ether oxygens (including phenoxy) is 1. The fourth-order valence-corrected chi connectivity index (χ4v) is 1.53. The van der Waals surface area contributed by atoms with E-state index < -0.39 is 10.0 Å². The van der Waals surface area contributed by atoms with Crippen molar-refractivity contribution in [2.24, 2.45) is 5.84 Å². The van der Waals surface area contributed by atoms with Gasteiger partial charge in [0.25, 0.3) is 0 Å². The van der Waals surface area contributed by atoms with Crippen LogP contribution in [0.25, 0.3) is 0 Å². The minimum atomic E-state index is -3.50. The third-order valence-electron chi connectivity index (χ3n) is 1.76. The van der Waals surface area contributed by atoms with E-state index in [-0.39, 0.29) is 5.69 Å². The summed E-state index contributed by atoms with van der Waals surface area (Å²) in [6.45, 7) is 0. The number of hydrazine groups is 1. The van der Waals surface area contributed by atoms with Crippen LogP contribution < -0.4 is 20.7 Å². The minimum Gasteiger partial charge on any atom is -0.497 e. The number of benzene rings is 1. The number of hydrogen-bond acceptors (Lipinski definition) is 5. The Balaban J connectivity index is 3.20. The van der Waals surface area contributed by atoms with E-state index in [4.69, 9.17) is 16.3 Å². The minimum absolute atomic E-state index is 0.259. The highest BCUT2D eigenvalue weighted by atomic mass is 32.2. The second-order valence-electron chi connectivity index (χ2n) is 3.02. The topological polar surface area (TPSA) is 98.7 Å². The lowest BCUT2D eigenvalue weighted by molar-refractivity contribution is 0.415. The van der Waals surface area contributed by atoms with E-state index >= 15 is 0 Å². The molecule has 0 saturated heterocycles. The molecule has 0 amide bonds. The molecular formula is C8H13N3O3S. The molecule has 15 heavy (non-hydrogen) atoms. The maximum atomic E-state index is 11.2. The number of methoxy groups -OCH3 is 1. The van der Waals surface area contributed by atoms with Crippen molar-refractivity contribution in [2.75, 3.05) is 23.5 Å². The maximum Gasteiger partial charge on any atom is 0.245 e. The molecule has 0 spiro atoms. The van der Waals surface area contributed by atoms with Crippen molar-refractivity contribution >= 4 is 21.4 Å². The van der Waals surface area contributed by atoms with Gasteiger partial charge >= 0.3 is 0 Å². The molecule has 0 aromatic heterocycles. The van der Waals surface area contributed by atoms with Gasteiger partial charge in [-0.25, -0.2) is 18.7 Å². The molecule has 1 aromatic carbocycles. The standard InChI is InChI=1S/C8H13N3O3S/c1-14-8-4-6(9)3-7(5-8)11(10)15(2,12)13/h3-5H,9-10H2,1-2H3. The zero-order chi connectivity index (χ0) is 11.6. The van der Waals surface area contributed by atoms with E-state index in [9.17, 15) is 8.42 Å². The fourth-order valence-electron chi connectivity index (χ4n) is 1.04. The first-order chi connectivity index (χ1) is 6.84. The van der Waals surface area contributed by atoms with Gasteiger partial charge in [0.05, 0.1) is 19.1 Å². The normalized spacial score (nSPS) is 11.1. The molecule has 1 aromatic rings. The highest BCUT2D eigenvalue weighted by molar-refractivity contribution is 7.92. The second kappa shape index (κ2) is 3.95. The van der Waals surface area contributed by atoms with Gasteiger partial charge in [-0.1, -0.05) is 0 Å². The quantitative estimate of drug-likeness (QED) is 0.430. The summed E-state index contributed by atoms with van der Waals surface area (Å²) in [6, 6.07) is 4.50. The van der Waals surface area contributed by atoms with E-state index in [2.05, 4.69) is 0 Å². The number of nitrogens with zero attached hydrogens (tertiary/aromatic N) is 1. The lowest BCUT2D eigenvalue weighted by Crippen LogP contribution is -2.36. The van der Waals surface area contributed by atoms with E-state index in [0.29, 0.717) is 15.9 Å². The Kier molecular flexibility index (Phi) is 3.06. The van der Waals surface area contributed by atoms with E-state index in [0.717, 1.165) is 6.26 Å². The van der Waals surface area contributed by atoms with Gasteiger partial charge in [0.2, 0.25) is 10.0 Å². The molecule has 0 radical (unpaired) electrons. The van der Waals surface area contributed by atoms with Crippen LogP contribution in [0.5, 0.6) is 5.75 Å². The molecule has 0 bridgehead atoms. The van der Waals surface area contributed by atoms with Gasteiger partial charge < -0.3 is 10.5 Å². The van der Waals surface area contributed by atoms with Gasteiger partial charge in [0.1, 0.15) is 5.75 Å². The summed E-state index contributed by atoms with van der Waals surface area (Å²) < 4.78 is 27.9. The zero-order valence-corrected chi connectivity index (χ0v) is 9.28. The molecule has 84 valence electrons. The monoisotopic (exact) mass is 231 g/mol. The van der Waals surface area contributed by atoms with Gasteiger partial charge in [-0.3, -0.25) is 0 Å². The van der Waals surface area contributed by atoms with E-state index in [1.54, 1.807) is 6.07 Å². The molecule has 6 nitrogen and oxygen atoms in total. The molecule has 0 aliphatic rings. The van der Waals surface area contributed by atoms with Crippen LogP contribution in [0, 0.1) is 0 Å². The van der Waals surface area contributed by atoms with Crippen LogP contribution in [0.4, 0.5) is 11.4 Å². The van der Waals surface area contributed by atoms with Crippen LogP contribution in [0.2, 0.25) is 0 Å². The van der Waals surface area contributed by atoms with Gasteiger partial charge in [-0.2, -0.15) is 0 Å². The van der Waals surface area contributed by atoms with Crippen molar-refractivity contribution in [3.63, 3.8) is 0 Å². The predicted octanol–water partition coefficient (Wildman–Crippen LogP) is -0.0829. The SMILES string of the molecule is COc1cc(N)cc(N(N)S(C)(=O)=O)c1. The Hall–Kier alpha value is -1.47. The molecule has 1 rings (SSSR count). The summed E-state index contributed by atoms with van der Waals surface area (Å²) in [7, 11) is -2.04. The van der Waals surface area contributed by atoms with Crippen molar-refractivity contribution in [1.29, 1.82) is 0 Å². The molecule has 0 aliphatic heterocycles. The van der Waals surface area contributed by atoms with Crippen molar-refractivity contribution in [2.45, 2.75) is 0 Å².